The van der Waals surface area contributed by atoms with Crippen molar-refractivity contribution in [2.75, 3.05) is 6.54 Å². The largest absolute Gasteiger partial charge is 0.479 e. The molecule has 0 radical (unpaired) electrons. The van der Waals surface area contributed by atoms with Gasteiger partial charge in [0, 0.05) is 7.05 Å². The van der Waals surface area contributed by atoms with E-state index in [-0.39, 0.29) is 0 Å². The van der Waals surface area contributed by atoms with E-state index in [1.165, 1.54) is 11.3 Å². The fourth-order valence-corrected chi connectivity index (χ4v) is 3.28. The van der Waals surface area contributed by atoms with Crippen LogP contribution < -0.4 is 5.32 Å². The number of thiophene rings is 1. The minimum absolute atomic E-state index is 0.338. The molecule has 0 fully saturated rings. The van der Waals surface area contributed by atoms with Gasteiger partial charge in [0.1, 0.15) is 0 Å². The second kappa shape index (κ2) is 6.50. The first-order valence-corrected chi connectivity index (χ1v) is 8.71. The first-order chi connectivity index (χ1) is 12.2. The number of pyridine rings is 1. The van der Waals surface area contributed by atoms with Crippen LogP contribution >= 0.6 is 11.3 Å². The van der Waals surface area contributed by atoms with Gasteiger partial charge in [-0.2, -0.15) is 5.10 Å². The molecule has 0 aromatic carbocycles. The number of fused-ring (bicyclic) bond motifs is 1. The lowest BCUT2D eigenvalue weighted by Crippen LogP contribution is -2.46. The smallest absolute Gasteiger partial charge is 0.337 e. The molecule has 1 atom stereocenters. The molecule has 0 aliphatic rings. The number of aliphatic carboxylic acids is 1. The molecule has 3 aromatic heterocycles. The number of carbonyl (C=O) groups excluding carboxylic acids is 1. The highest BCUT2D eigenvalue weighted by Crippen LogP contribution is 2.29. The van der Waals surface area contributed by atoms with Crippen LogP contribution in [0.15, 0.2) is 23.6 Å². The van der Waals surface area contributed by atoms with Crippen molar-refractivity contribution in [1.29, 1.82) is 0 Å². The molecule has 0 aliphatic heterocycles. The maximum absolute atomic E-state index is 12.7. The molecule has 0 bridgehead atoms. The number of carboxylic acids is 1. The molecular weight excluding hydrogens is 356 g/mol. The molecule has 1 unspecified atom stereocenters. The number of carbonyl (C=O) groups is 2. The van der Waals surface area contributed by atoms with Crippen molar-refractivity contribution >= 4 is 34.2 Å². The van der Waals surface area contributed by atoms with Crippen LogP contribution in [0.2, 0.25) is 0 Å². The first kappa shape index (κ1) is 18.0. The minimum atomic E-state index is -2.05. The molecule has 8 nitrogen and oxygen atoms in total. The number of hydrogen-bond acceptors (Lipinski definition) is 6. The van der Waals surface area contributed by atoms with Gasteiger partial charge in [0.2, 0.25) is 0 Å². The van der Waals surface area contributed by atoms with Crippen LogP contribution in [0.4, 0.5) is 0 Å². The molecule has 0 saturated heterocycles. The second-order valence-electron chi connectivity index (χ2n) is 6.20. The molecule has 9 heteroatoms. The lowest BCUT2D eigenvalue weighted by Gasteiger charge is -2.18. The number of rotatable bonds is 5. The number of aromatic nitrogens is 3. The van der Waals surface area contributed by atoms with E-state index < -0.39 is 24.0 Å². The van der Waals surface area contributed by atoms with Crippen molar-refractivity contribution < 1.29 is 19.8 Å². The van der Waals surface area contributed by atoms with Crippen molar-refractivity contribution in [3.8, 4) is 10.6 Å². The van der Waals surface area contributed by atoms with Crippen molar-refractivity contribution in [3.05, 3.63) is 34.8 Å². The van der Waals surface area contributed by atoms with Gasteiger partial charge >= 0.3 is 5.97 Å². The van der Waals surface area contributed by atoms with Crippen LogP contribution in [0.1, 0.15) is 23.0 Å². The Bertz CT molecular complexity index is 992. The summed E-state index contributed by atoms with van der Waals surface area (Å²) in [5.41, 5.74) is 0.116. The third kappa shape index (κ3) is 3.18. The summed E-state index contributed by atoms with van der Waals surface area (Å²) in [6, 6.07) is 5.46. The number of nitrogens with one attached hydrogen (secondary N) is 1. The van der Waals surface area contributed by atoms with Gasteiger partial charge in [-0.1, -0.05) is 6.07 Å². The summed E-state index contributed by atoms with van der Waals surface area (Å²) in [5.74, 6) is -1.90. The van der Waals surface area contributed by atoms with E-state index in [0.29, 0.717) is 28.0 Å². The summed E-state index contributed by atoms with van der Waals surface area (Å²) >= 11 is 1.50. The normalized spacial score (nSPS) is 13.5. The van der Waals surface area contributed by atoms with Crippen LogP contribution in [-0.4, -0.2) is 49.0 Å². The van der Waals surface area contributed by atoms with Gasteiger partial charge in [0.25, 0.3) is 5.91 Å². The average Bonchev–Trinajstić information content (AvgIpc) is 3.21. The van der Waals surface area contributed by atoms with Gasteiger partial charge in [-0.25, -0.2) is 9.78 Å². The average molecular weight is 374 g/mol. The Kier molecular flexibility index (Phi) is 4.51. The molecule has 0 saturated carbocycles. The van der Waals surface area contributed by atoms with Crippen LogP contribution in [0, 0.1) is 6.92 Å². The molecule has 136 valence electrons. The van der Waals surface area contributed by atoms with Crippen molar-refractivity contribution in [3.63, 3.8) is 0 Å². The highest BCUT2D eigenvalue weighted by molar-refractivity contribution is 7.13. The van der Waals surface area contributed by atoms with Gasteiger partial charge in [-0.05, 0) is 31.4 Å². The molecule has 3 N–H and O–H groups in total. The van der Waals surface area contributed by atoms with Crippen LogP contribution in [0.3, 0.4) is 0 Å². The third-order valence-electron chi connectivity index (χ3n) is 4.04. The Balaban J connectivity index is 2.06. The van der Waals surface area contributed by atoms with E-state index in [0.717, 1.165) is 11.8 Å². The molecule has 0 spiro atoms. The summed E-state index contributed by atoms with van der Waals surface area (Å²) in [6.07, 6.45) is 0. The SMILES string of the molecule is Cc1nn(C)c2nc(-c3cccs3)cc(C(=O)NCC(C)(O)C(=O)O)c12. The van der Waals surface area contributed by atoms with Gasteiger partial charge < -0.3 is 15.5 Å². The molecular formula is C17H18N4O4S. The fourth-order valence-electron chi connectivity index (χ4n) is 2.60. The van der Waals surface area contributed by atoms with Gasteiger partial charge in [0.15, 0.2) is 11.2 Å². The molecule has 0 aliphatic carbocycles. The Morgan fingerprint density at radius 2 is 2.15 bits per heavy atom. The Morgan fingerprint density at radius 1 is 1.42 bits per heavy atom. The van der Waals surface area contributed by atoms with E-state index in [2.05, 4.69) is 15.4 Å². The van der Waals surface area contributed by atoms with E-state index in [1.54, 1.807) is 24.7 Å². The first-order valence-electron chi connectivity index (χ1n) is 7.83. The van der Waals surface area contributed by atoms with Crippen LogP contribution in [0.25, 0.3) is 21.6 Å². The van der Waals surface area contributed by atoms with Crippen molar-refractivity contribution in [1.82, 2.24) is 20.1 Å². The number of aryl methyl sites for hydroxylation is 2. The standard InChI is InChI=1S/C17H18N4O4S/c1-9-13-10(15(22)18-8-17(2,25)16(23)24)7-11(12-5-4-6-26-12)19-14(13)21(3)20-9/h4-7,25H,8H2,1-3H3,(H,18,22)(H,23,24). The summed E-state index contributed by atoms with van der Waals surface area (Å²) in [6.45, 7) is 2.49. The zero-order valence-electron chi connectivity index (χ0n) is 14.5. The molecule has 26 heavy (non-hydrogen) atoms. The lowest BCUT2D eigenvalue weighted by atomic mass is 10.1. The van der Waals surface area contributed by atoms with Crippen molar-refractivity contribution in [2.45, 2.75) is 19.4 Å². The van der Waals surface area contributed by atoms with E-state index in [9.17, 15) is 14.7 Å². The van der Waals surface area contributed by atoms with Gasteiger partial charge in [-0.3, -0.25) is 9.48 Å². The molecule has 3 heterocycles. The third-order valence-corrected chi connectivity index (χ3v) is 4.93. The number of amides is 1. The Hall–Kier alpha value is -2.78. The molecule has 3 rings (SSSR count). The highest BCUT2D eigenvalue weighted by Gasteiger charge is 2.31. The summed E-state index contributed by atoms with van der Waals surface area (Å²) in [4.78, 5) is 29.3. The zero-order valence-corrected chi connectivity index (χ0v) is 15.3. The topological polar surface area (TPSA) is 117 Å². The van der Waals surface area contributed by atoms with Gasteiger partial charge in [-0.15, -0.1) is 11.3 Å². The fraction of sp³-hybridized carbons (Fsp3) is 0.294. The molecule has 3 aromatic rings. The lowest BCUT2D eigenvalue weighted by molar-refractivity contribution is -0.155. The molecule has 1 amide bonds. The number of aliphatic hydroxyl groups is 1. The predicted octanol–water partition coefficient (Wildman–Crippen LogP) is 1.57. The Labute approximate surface area is 153 Å². The van der Waals surface area contributed by atoms with Crippen LogP contribution in [-0.2, 0) is 11.8 Å². The number of carboxylic acid groups (broad SMARTS) is 1. The second-order valence-corrected chi connectivity index (χ2v) is 7.15. The van der Waals surface area contributed by atoms with Crippen LogP contribution in [0.5, 0.6) is 0 Å². The quantitative estimate of drug-likeness (QED) is 0.624. The van der Waals surface area contributed by atoms with E-state index in [4.69, 9.17) is 5.11 Å². The summed E-state index contributed by atoms with van der Waals surface area (Å²) < 4.78 is 1.60. The summed E-state index contributed by atoms with van der Waals surface area (Å²) in [7, 11) is 1.75. The highest BCUT2D eigenvalue weighted by atomic mass is 32.1. The zero-order chi connectivity index (χ0) is 19.1. The Morgan fingerprint density at radius 3 is 2.77 bits per heavy atom. The maximum Gasteiger partial charge on any atom is 0.337 e. The van der Waals surface area contributed by atoms with E-state index in [1.807, 2.05) is 17.5 Å². The monoisotopic (exact) mass is 374 g/mol. The number of hydrogen-bond donors (Lipinski definition) is 3. The minimum Gasteiger partial charge on any atom is -0.479 e. The van der Waals surface area contributed by atoms with Gasteiger partial charge in [0.05, 0.1) is 33.8 Å². The maximum atomic E-state index is 12.7. The summed E-state index contributed by atoms with van der Waals surface area (Å²) in [5, 5.41) is 28.1. The van der Waals surface area contributed by atoms with Crippen molar-refractivity contribution in [2.24, 2.45) is 7.05 Å². The predicted molar refractivity (Wildman–Crippen MR) is 97.2 cm³/mol. The number of nitrogens with zero attached hydrogens (tertiary/aromatic N) is 3. The van der Waals surface area contributed by atoms with E-state index >= 15 is 0 Å².